The number of hydrogen-bond donors (Lipinski definition) is 0. The summed E-state index contributed by atoms with van der Waals surface area (Å²) in [6.07, 6.45) is 3.07. The first kappa shape index (κ1) is 20.2. The lowest BCUT2D eigenvalue weighted by Crippen LogP contribution is -2.27. The molecule has 0 saturated carbocycles. The molecule has 32 heavy (non-hydrogen) atoms. The van der Waals surface area contributed by atoms with Gasteiger partial charge in [-0.05, 0) is 31.4 Å². The number of aromatic nitrogens is 3. The lowest BCUT2D eigenvalue weighted by molar-refractivity contribution is 0.0899. The number of hydrogen-bond acceptors (Lipinski definition) is 4. The second-order valence-corrected chi connectivity index (χ2v) is 8.39. The van der Waals surface area contributed by atoms with Crippen LogP contribution in [0.25, 0.3) is 10.9 Å². The largest absolute Gasteiger partial charge is 0.444 e. The molecule has 0 radical (unpaired) electrons. The molecule has 0 saturated heterocycles. The smallest absolute Gasteiger partial charge is 0.419 e. The number of carbonyl (C=O) groups excluding carboxylic acids is 2. The van der Waals surface area contributed by atoms with Crippen molar-refractivity contribution in [3.8, 4) is 0 Å². The Bertz CT molecular complexity index is 1320. The van der Waals surface area contributed by atoms with Crippen molar-refractivity contribution in [1.82, 2.24) is 14.1 Å². The molecule has 0 bridgehead atoms. The number of nitrogens with zero attached hydrogens (tertiary/aromatic N) is 3. The Morgan fingerprint density at radius 2 is 1.88 bits per heavy atom. The van der Waals surface area contributed by atoms with E-state index in [1.807, 2.05) is 62.5 Å². The zero-order valence-electron chi connectivity index (χ0n) is 18.2. The molecular formula is C26H25N3O3. The normalized spacial score (nSPS) is 15.7. The lowest BCUT2D eigenvalue weighted by Gasteiger charge is -2.23. The first-order valence-electron chi connectivity index (χ1n) is 10.9. The predicted octanol–water partition coefficient (Wildman–Crippen LogP) is 4.86. The summed E-state index contributed by atoms with van der Waals surface area (Å²) in [5.74, 6) is -0.0442. The molecule has 0 spiro atoms. The molecule has 6 nitrogen and oxygen atoms in total. The number of fused-ring (bicyclic) bond motifs is 3. The van der Waals surface area contributed by atoms with E-state index in [1.54, 1.807) is 0 Å². The average molecular weight is 428 g/mol. The highest BCUT2D eigenvalue weighted by Crippen LogP contribution is 2.35. The van der Waals surface area contributed by atoms with E-state index in [4.69, 9.17) is 4.74 Å². The fourth-order valence-electron chi connectivity index (χ4n) is 4.74. The summed E-state index contributed by atoms with van der Waals surface area (Å²) in [5.41, 5.74) is 5.42. The van der Waals surface area contributed by atoms with Crippen molar-refractivity contribution in [2.24, 2.45) is 13.0 Å². The Morgan fingerprint density at radius 1 is 1.12 bits per heavy atom. The number of carbonyl (C=O) groups is 2. The number of para-hydroxylation sites is 1. The van der Waals surface area contributed by atoms with Gasteiger partial charge in [0.15, 0.2) is 5.78 Å². The summed E-state index contributed by atoms with van der Waals surface area (Å²) in [5, 5.41) is 1.01. The van der Waals surface area contributed by atoms with Crippen LogP contribution in [0.2, 0.25) is 0 Å². The monoisotopic (exact) mass is 427 g/mol. The first-order valence-corrected chi connectivity index (χ1v) is 10.9. The van der Waals surface area contributed by atoms with Crippen LogP contribution in [0.5, 0.6) is 0 Å². The van der Waals surface area contributed by atoms with Crippen LogP contribution in [0.1, 0.15) is 39.4 Å². The molecule has 1 unspecified atom stereocenters. The van der Waals surface area contributed by atoms with Gasteiger partial charge in [0, 0.05) is 41.5 Å². The average Bonchev–Trinajstić information content (AvgIpc) is 3.33. The minimum absolute atomic E-state index is 0.146. The quantitative estimate of drug-likeness (QED) is 0.467. The van der Waals surface area contributed by atoms with Crippen LogP contribution in [0.15, 0.2) is 60.9 Å². The maximum absolute atomic E-state index is 13.5. The van der Waals surface area contributed by atoms with Gasteiger partial charge < -0.3 is 9.30 Å². The summed E-state index contributed by atoms with van der Waals surface area (Å²) in [6, 6.07) is 17.6. The van der Waals surface area contributed by atoms with Crippen LogP contribution in [0, 0.1) is 12.8 Å². The fourth-order valence-corrected chi connectivity index (χ4v) is 4.74. The Kier molecular flexibility index (Phi) is 5.13. The molecule has 0 N–H and O–H groups in total. The molecule has 2 aromatic carbocycles. The molecule has 0 fully saturated rings. The van der Waals surface area contributed by atoms with Crippen molar-refractivity contribution in [1.29, 1.82) is 0 Å². The van der Waals surface area contributed by atoms with Gasteiger partial charge >= 0.3 is 6.09 Å². The highest BCUT2D eigenvalue weighted by atomic mass is 16.5. The van der Waals surface area contributed by atoms with E-state index in [0.29, 0.717) is 6.42 Å². The maximum Gasteiger partial charge on any atom is 0.419 e. The summed E-state index contributed by atoms with van der Waals surface area (Å²) in [6.45, 7) is 2.06. The fraction of sp³-hybridized carbons (Fsp3) is 0.269. The van der Waals surface area contributed by atoms with Crippen LogP contribution in [0.3, 0.4) is 0 Å². The van der Waals surface area contributed by atoms with Crippen LogP contribution < -0.4 is 0 Å². The number of imidazole rings is 1. The van der Waals surface area contributed by atoms with Crippen LogP contribution in [-0.4, -0.2) is 26.0 Å². The van der Waals surface area contributed by atoms with Gasteiger partial charge in [-0.15, -0.1) is 0 Å². The van der Waals surface area contributed by atoms with Crippen LogP contribution in [-0.2, 0) is 31.2 Å². The molecule has 4 aromatic rings. The minimum Gasteiger partial charge on any atom is -0.444 e. The van der Waals surface area contributed by atoms with Crippen molar-refractivity contribution in [2.75, 3.05) is 0 Å². The Morgan fingerprint density at radius 3 is 2.69 bits per heavy atom. The second-order valence-electron chi connectivity index (χ2n) is 8.39. The Labute approximate surface area is 186 Å². The number of ether oxygens (including phenoxy) is 1. The van der Waals surface area contributed by atoms with E-state index in [9.17, 15) is 9.59 Å². The summed E-state index contributed by atoms with van der Waals surface area (Å²) < 4.78 is 9.08. The molecule has 6 heteroatoms. The summed E-state index contributed by atoms with van der Waals surface area (Å²) in [7, 11) is 2.02. The standard InChI is InChI=1S/C26H25N3O3/c1-17-23(29(16-27-17)26(31)32-15-18-8-4-3-5-9-18)14-19-12-13-22-24(25(19)30)20-10-6-7-11-21(20)28(22)2/h3-11,16,19H,12-15H2,1-2H3. The van der Waals surface area contributed by atoms with Gasteiger partial charge in [0.05, 0.1) is 11.4 Å². The molecule has 1 atom stereocenters. The highest BCUT2D eigenvalue weighted by Gasteiger charge is 2.33. The first-order chi connectivity index (χ1) is 15.5. The summed E-state index contributed by atoms with van der Waals surface area (Å²) >= 11 is 0. The topological polar surface area (TPSA) is 66.1 Å². The van der Waals surface area contributed by atoms with Crippen LogP contribution >= 0.6 is 0 Å². The van der Waals surface area contributed by atoms with Crippen LogP contribution in [0.4, 0.5) is 4.79 Å². The molecule has 1 aliphatic rings. The molecule has 0 aliphatic heterocycles. The van der Waals surface area contributed by atoms with Gasteiger partial charge in [0.2, 0.25) is 0 Å². The van der Waals surface area contributed by atoms with Gasteiger partial charge in [0.1, 0.15) is 12.9 Å². The van der Waals surface area contributed by atoms with Crippen molar-refractivity contribution in [2.45, 2.75) is 32.8 Å². The van der Waals surface area contributed by atoms with Gasteiger partial charge in [-0.2, -0.15) is 0 Å². The third-order valence-electron chi connectivity index (χ3n) is 6.49. The van der Waals surface area contributed by atoms with Gasteiger partial charge in [0.25, 0.3) is 0 Å². The molecule has 5 rings (SSSR count). The molecule has 0 amide bonds. The van der Waals surface area contributed by atoms with Crippen molar-refractivity contribution >= 4 is 22.8 Å². The number of benzene rings is 2. The van der Waals surface area contributed by atoms with Crippen molar-refractivity contribution < 1.29 is 14.3 Å². The summed E-state index contributed by atoms with van der Waals surface area (Å²) in [4.78, 5) is 30.6. The number of aryl methyl sites for hydroxylation is 2. The van der Waals surface area contributed by atoms with Gasteiger partial charge in [-0.3, -0.25) is 4.79 Å². The van der Waals surface area contributed by atoms with Gasteiger partial charge in [-0.1, -0.05) is 48.5 Å². The third kappa shape index (κ3) is 3.42. The molecule has 2 heterocycles. The Balaban J connectivity index is 1.39. The predicted molar refractivity (Wildman–Crippen MR) is 122 cm³/mol. The highest BCUT2D eigenvalue weighted by molar-refractivity contribution is 6.11. The molecule has 1 aliphatic carbocycles. The number of rotatable bonds is 4. The van der Waals surface area contributed by atoms with E-state index >= 15 is 0 Å². The number of Topliss-reactive ketones (excluding diaryl/α,β-unsaturated/α-hetero) is 1. The van der Waals surface area contributed by atoms with Crippen molar-refractivity contribution in [3.05, 3.63) is 89.1 Å². The van der Waals surface area contributed by atoms with E-state index in [1.165, 1.54) is 10.9 Å². The van der Waals surface area contributed by atoms with E-state index < -0.39 is 6.09 Å². The maximum atomic E-state index is 13.5. The lowest BCUT2D eigenvalue weighted by atomic mass is 9.82. The van der Waals surface area contributed by atoms with E-state index in [2.05, 4.69) is 15.6 Å². The van der Waals surface area contributed by atoms with Crippen molar-refractivity contribution in [3.63, 3.8) is 0 Å². The molecular weight excluding hydrogens is 402 g/mol. The molecule has 2 aromatic heterocycles. The van der Waals surface area contributed by atoms with E-state index in [0.717, 1.165) is 52.0 Å². The Hall–Kier alpha value is -3.67. The zero-order valence-corrected chi connectivity index (χ0v) is 18.2. The molecule has 162 valence electrons. The zero-order chi connectivity index (χ0) is 22.2. The third-order valence-corrected chi connectivity index (χ3v) is 6.49. The van der Waals surface area contributed by atoms with E-state index in [-0.39, 0.29) is 18.3 Å². The SMILES string of the molecule is Cc1ncn(C(=O)OCc2ccccc2)c1CC1CCc2c(c3ccccc3n2C)C1=O. The van der Waals surface area contributed by atoms with Gasteiger partial charge in [-0.25, -0.2) is 14.3 Å². The minimum atomic E-state index is -0.474. The second kappa shape index (κ2) is 8.11. The number of ketones is 1.